The molecule has 2 fully saturated rings. The van der Waals surface area contributed by atoms with Crippen molar-refractivity contribution < 1.29 is 28.4 Å². The number of hydrogen-bond acceptors (Lipinski definition) is 6. The minimum Gasteiger partial charge on any atom is -0.382 e. The number of aliphatic imine (C=N–C) groups is 1. The van der Waals surface area contributed by atoms with E-state index in [1.54, 1.807) is 18.7 Å². The Kier molecular flexibility index (Phi) is 6.40. The van der Waals surface area contributed by atoms with Gasteiger partial charge in [-0.05, 0) is 23.8 Å². The van der Waals surface area contributed by atoms with Gasteiger partial charge < -0.3 is 14.4 Å². The minimum absolute atomic E-state index is 0.0403. The van der Waals surface area contributed by atoms with Gasteiger partial charge in [-0.1, -0.05) is 0 Å². The summed E-state index contributed by atoms with van der Waals surface area (Å²) in [4.78, 5) is 45.7. The summed E-state index contributed by atoms with van der Waals surface area (Å²) in [5.41, 5.74) is 0. The van der Waals surface area contributed by atoms with E-state index >= 15 is 0 Å². The quantitative estimate of drug-likeness (QED) is 0.418. The van der Waals surface area contributed by atoms with Gasteiger partial charge in [0.15, 0.2) is 6.54 Å². The lowest BCUT2D eigenvalue weighted by Crippen LogP contribution is -2.62. The Labute approximate surface area is 164 Å². The van der Waals surface area contributed by atoms with Crippen LogP contribution in [0.4, 0.5) is 4.79 Å². The molecule has 0 aromatic heterocycles. The standard InChI is InChI=1S/C18H28N5O5/c1-20-16-15(17(25)21(2)18(20)26)23(12-19-16)10-14(24)22-6-4-13(5-7-22)11-28-9-8-27-3/h12-13,15H,4-11H2,1-3H3/q+1. The highest BCUT2D eigenvalue weighted by molar-refractivity contribution is 6.21. The molecule has 2 saturated heterocycles. The Morgan fingerprint density at radius 2 is 1.93 bits per heavy atom. The summed E-state index contributed by atoms with van der Waals surface area (Å²) in [7, 11) is 4.67. The molecule has 3 heterocycles. The zero-order chi connectivity index (χ0) is 20.3. The number of carbonyl (C=O) groups is 3. The molecule has 0 aromatic rings. The fourth-order valence-corrected chi connectivity index (χ4v) is 3.67. The molecular weight excluding hydrogens is 366 g/mol. The number of imide groups is 1. The van der Waals surface area contributed by atoms with E-state index in [1.165, 1.54) is 18.3 Å². The number of carbonyl (C=O) groups excluding carboxylic acids is 3. The first-order valence-electron chi connectivity index (χ1n) is 9.50. The second kappa shape index (κ2) is 8.78. The molecule has 10 nitrogen and oxygen atoms in total. The number of piperidine rings is 1. The Hall–Kier alpha value is -2.33. The molecule has 154 valence electrons. The topological polar surface area (TPSA) is 94.8 Å². The average molecular weight is 394 g/mol. The number of methoxy groups -OCH3 is 1. The Bertz CT molecular complexity index is 698. The second-order valence-electron chi connectivity index (χ2n) is 7.31. The van der Waals surface area contributed by atoms with Crippen molar-refractivity contribution in [2.45, 2.75) is 18.9 Å². The number of amidine groups is 1. The van der Waals surface area contributed by atoms with Crippen LogP contribution in [0.25, 0.3) is 0 Å². The lowest BCUT2D eigenvalue weighted by molar-refractivity contribution is -0.520. The fourth-order valence-electron chi connectivity index (χ4n) is 3.67. The van der Waals surface area contributed by atoms with E-state index in [1.807, 2.05) is 4.90 Å². The summed E-state index contributed by atoms with van der Waals surface area (Å²) in [6.07, 6.45) is 3.27. The molecule has 28 heavy (non-hydrogen) atoms. The maximum Gasteiger partial charge on any atom is 0.333 e. The smallest absolute Gasteiger partial charge is 0.333 e. The predicted molar refractivity (Wildman–Crippen MR) is 100 cm³/mol. The minimum atomic E-state index is -0.719. The van der Waals surface area contributed by atoms with Gasteiger partial charge in [-0.3, -0.25) is 19.4 Å². The van der Waals surface area contributed by atoms with Crippen molar-refractivity contribution >= 4 is 30.0 Å². The number of hydrogen-bond donors (Lipinski definition) is 0. The number of amides is 4. The van der Waals surface area contributed by atoms with Crippen LogP contribution in [0.15, 0.2) is 4.99 Å². The first kappa shape index (κ1) is 20.4. The third-order valence-electron chi connectivity index (χ3n) is 5.47. The summed E-state index contributed by atoms with van der Waals surface area (Å²) in [5.74, 6) is 0.409. The van der Waals surface area contributed by atoms with Crippen molar-refractivity contribution in [3.8, 4) is 0 Å². The Morgan fingerprint density at radius 1 is 1.21 bits per heavy atom. The van der Waals surface area contributed by atoms with Crippen molar-refractivity contribution in [3.63, 3.8) is 0 Å². The molecule has 3 aliphatic heterocycles. The third kappa shape index (κ3) is 4.07. The number of fused-ring (bicyclic) bond motifs is 1. The average Bonchev–Trinajstić information content (AvgIpc) is 3.12. The molecule has 0 saturated carbocycles. The van der Waals surface area contributed by atoms with E-state index < -0.39 is 12.1 Å². The van der Waals surface area contributed by atoms with Crippen LogP contribution in [0, 0.1) is 5.92 Å². The normalized spacial score (nSPS) is 23.1. The van der Waals surface area contributed by atoms with E-state index in [0.29, 0.717) is 44.7 Å². The van der Waals surface area contributed by atoms with Crippen molar-refractivity contribution in [1.29, 1.82) is 0 Å². The highest BCUT2D eigenvalue weighted by Gasteiger charge is 2.51. The predicted octanol–water partition coefficient (Wildman–Crippen LogP) is -0.767. The van der Waals surface area contributed by atoms with Gasteiger partial charge in [-0.2, -0.15) is 0 Å². The lowest BCUT2D eigenvalue weighted by atomic mass is 9.98. The molecule has 0 aromatic carbocycles. The van der Waals surface area contributed by atoms with Gasteiger partial charge in [0.1, 0.15) is 0 Å². The first-order valence-corrected chi connectivity index (χ1v) is 9.50. The number of ether oxygens (including phenoxy) is 2. The van der Waals surface area contributed by atoms with E-state index in [4.69, 9.17) is 9.47 Å². The van der Waals surface area contributed by atoms with Crippen LogP contribution in [0.2, 0.25) is 0 Å². The van der Waals surface area contributed by atoms with E-state index in [9.17, 15) is 14.4 Å². The molecule has 1 atom stereocenters. The molecule has 1 unspecified atom stereocenters. The van der Waals surface area contributed by atoms with Gasteiger partial charge in [-0.25, -0.2) is 9.37 Å². The highest BCUT2D eigenvalue weighted by atomic mass is 16.5. The zero-order valence-electron chi connectivity index (χ0n) is 16.7. The summed E-state index contributed by atoms with van der Waals surface area (Å²) < 4.78 is 12.2. The van der Waals surface area contributed by atoms with Crippen LogP contribution in [0.1, 0.15) is 12.8 Å². The molecule has 0 radical (unpaired) electrons. The zero-order valence-corrected chi connectivity index (χ0v) is 16.7. The SMILES string of the molecule is COCCOCC1CCN(C(=O)C[N+]2=CN=C3C2C(=O)N(C)C(=O)N3C)CC1. The molecule has 3 aliphatic rings. The molecule has 10 heteroatoms. The van der Waals surface area contributed by atoms with E-state index in [2.05, 4.69) is 4.99 Å². The van der Waals surface area contributed by atoms with Crippen LogP contribution >= 0.6 is 0 Å². The van der Waals surface area contributed by atoms with Gasteiger partial charge in [0.25, 0.3) is 30.0 Å². The molecule has 0 aliphatic carbocycles. The monoisotopic (exact) mass is 394 g/mol. The van der Waals surface area contributed by atoms with E-state index in [0.717, 1.165) is 17.7 Å². The van der Waals surface area contributed by atoms with Crippen molar-refractivity contribution in [2.75, 3.05) is 60.7 Å². The lowest BCUT2D eigenvalue weighted by Gasteiger charge is -2.33. The van der Waals surface area contributed by atoms with Crippen LogP contribution in [0.5, 0.6) is 0 Å². The van der Waals surface area contributed by atoms with Crippen LogP contribution in [-0.2, 0) is 19.1 Å². The first-order chi connectivity index (χ1) is 13.4. The third-order valence-corrected chi connectivity index (χ3v) is 5.47. The number of rotatable bonds is 7. The summed E-state index contributed by atoms with van der Waals surface area (Å²) >= 11 is 0. The fraction of sp³-hybridized carbons (Fsp3) is 0.722. The van der Waals surface area contributed by atoms with Crippen LogP contribution in [-0.4, -0.2) is 116 Å². The summed E-state index contributed by atoms with van der Waals surface area (Å²) in [5, 5.41) is 0. The second-order valence-corrected chi connectivity index (χ2v) is 7.31. The molecule has 4 amide bonds. The van der Waals surface area contributed by atoms with Gasteiger partial charge in [0.05, 0.1) is 13.2 Å². The van der Waals surface area contributed by atoms with Gasteiger partial charge in [0, 0.05) is 40.9 Å². The van der Waals surface area contributed by atoms with Crippen molar-refractivity contribution in [2.24, 2.45) is 10.9 Å². The molecule has 0 spiro atoms. The molecule has 3 rings (SSSR count). The van der Waals surface area contributed by atoms with Gasteiger partial charge in [-0.15, -0.1) is 0 Å². The highest BCUT2D eigenvalue weighted by Crippen LogP contribution is 2.19. The number of nitrogens with zero attached hydrogens (tertiary/aromatic N) is 5. The maximum atomic E-state index is 12.7. The maximum absolute atomic E-state index is 12.7. The largest absolute Gasteiger partial charge is 0.382 e. The van der Waals surface area contributed by atoms with Gasteiger partial charge in [0.2, 0.25) is 0 Å². The van der Waals surface area contributed by atoms with E-state index in [-0.39, 0.29) is 18.4 Å². The van der Waals surface area contributed by atoms with Crippen LogP contribution in [0.3, 0.4) is 0 Å². The Balaban J connectivity index is 1.50. The number of likely N-dealkylation sites (N-methyl/N-ethyl adjacent to an activating group) is 2. The summed E-state index contributed by atoms with van der Waals surface area (Å²) in [6.45, 7) is 3.28. The van der Waals surface area contributed by atoms with Crippen LogP contribution < -0.4 is 0 Å². The van der Waals surface area contributed by atoms with Gasteiger partial charge >= 0.3 is 6.03 Å². The summed E-state index contributed by atoms with van der Waals surface area (Å²) in [6, 6.07) is -1.14. The number of urea groups is 1. The van der Waals surface area contributed by atoms with Crippen molar-refractivity contribution in [1.82, 2.24) is 14.7 Å². The van der Waals surface area contributed by atoms with Crippen molar-refractivity contribution in [3.05, 3.63) is 0 Å². The molecule has 0 N–H and O–H groups in total. The molecule has 0 bridgehead atoms. The number of likely N-dealkylation sites (tertiary alicyclic amines) is 1. The molecular formula is C18H28N5O5+. The Morgan fingerprint density at radius 3 is 2.61 bits per heavy atom.